The van der Waals surface area contributed by atoms with Gasteiger partial charge >= 0.3 is 0 Å². The molecule has 0 unspecified atom stereocenters. The van der Waals surface area contributed by atoms with Crippen molar-refractivity contribution in [1.82, 2.24) is 15.0 Å². The molecule has 2 aromatic heterocycles. The lowest BCUT2D eigenvalue weighted by atomic mass is 10.1. The smallest absolute Gasteiger partial charge is 0.163 e. The Bertz CT molecular complexity index is 584. The van der Waals surface area contributed by atoms with E-state index in [-0.39, 0.29) is 0 Å². The predicted octanol–water partition coefficient (Wildman–Crippen LogP) is 4.25. The molecule has 0 aromatic carbocycles. The van der Waals surface area contributed by atoms with Gasteiger partial charge in [0.15, 0.2) is 5.82 Å². The summed E-state index contributed by atoms with van der Waals surface area (Å²) in [4.78, 5) is 13.4. The maximum atomic E-state index is 4.64. The molecule has 2 rings (SSSR count). The number of halogens is 1. The van der Waals surface area contributed by atoms with Crippen LogP contribution in [-0.2, 0) is 0 Å². The van der Waals surface area contributed by atoms with E-state index < -0.39 is 0 Å². The lowest BCUT2D eigenvalue weighted by Crippen LogP contribution is -2.06. The highest BCUT2D eigenvalue weighted by atomic mass is 79.9. The Morgan fingerprint density at radius 3 is 2.65 bits per heavy atom. The Kier molecular flexibility index (Phi) is 5.06. The fourth-order valence-corrected chi connectivity index (χ4v) is 2.13. The number of aromatic nitrogens is 3. The minimum Gasteiger partial charge on any atom is -0.370 e. The molecular weight excluding hydrogens is 316 g/mol. The van der Waals surface area contributed by atoms with Crippen molar-refractivity contribution in [3.63, 3.8) is 0 Å². The molecule has 0 aliphatic rings. The summed E-state index contributed by atoms with van der Waals surface area (Å²) >= 11 is 3.43. The van der Waals surface area contributed by atoms with E-state index in [0.717, 1.165) is 34.5 Å². The Balaban J connectivity index is 2.43. The van der Waals surface area contributed by atoms with Crippen LogP contribution < -0.4 is 5.32 Å². The van der Waals surface area contributed by atoms with Gasteiger partial charge in [0.1, 0.15) is 5.82 Å². The van der Waals surface area contributed by atoms with Gasteiger partial charge in [0, 0.05) is 40.7 Å². The molecule has 20 heavy (non-hydrogen) atoms. The summed E-state index contributed by atoms with van der Waals surface area (Å²) in [5, 5.41) is 3.33. The maximum Gasteiger partial charge on any atom is 0.163 e. The summed E-state index contributed by atoms with van der Waals surface area (Å²) in [6.07, 6.45) is 4.61. The number of rotatable bonds is 5. The zero-order chi connectivity index (χ0) is 14.5. The second-order valence-corrected chi connectivity index (χ2v) is 5.89. The number of nitrogens with zero attached hydrogens (tertiary/aromatic N) is 3. The average Bonchev–Trinajstić information content (AvgIpc) is 2.44. The van der Waals surface area contributed by atoms with Gasteiger partial charge < -0.3 is 5.32 Å². The highest BCUT2D eigenvalue weighted by Gasteiger charge is 2.10. The molecule has 106 valence electrons. The third-order valence-corrected chi connectivity index (χ3v) is 3.29. The number of anilines is 1. The zero-order valence-electron chi connectivity index (χ0n) is 12.0. The molecular formula is C15H19BrN4. The van der Waals surface area contributed by atoms with Crippen LogP contribution in [-0.4, -0.2) is 21.5 Å². The van der Waals surface area contributed by atoms with E-state index >= 15 is 0 Å². The van der Waals surface area contributed by atoms with Crippen LogP contribution in [0.1, 0.15) is 38.8 Å². The summed E-state index contributed by atoms with van der Waals surface area (Å²) in [7, 11) is 0. The third kappa shape index (κ3) is 3.76. The van der Waals surface area contributed by atoms with Gasteiger partial charge in [-0.3, -0.25) is 4.98 Å². The summed E-state index contributed by atoms with van der Waals surface area (Å²) in [6.45, 7) is 7.31. The first-order valence-electron chi connectivity index (χ1n) is 6.84. The fourth-order valence-electron chi connectivity index (χ4n) is 1.77. The molecule has 2 heterocycles. The number of hydrogen-bond donors (Lipinski definition) is 1. The molecule has 4 nitrogen and oxygen atoms in total. The van der Waals surface area contributed by atoms with Crippen LogP contribution in [0.15, 0.2) is 29.0 Å². The lowest BCUT2D eigenvalue weighted by molar-refractivity contribution is 0.815. The molecule has 0 radical (unpaired) electrons. The molecule has 0 aliphatic carbocycles. The van der Waals surface area contributed by atoms with Crippen molar-refractivity contribution < 1.29 is 0 Å². The molecule has 0 fully saturated rings. The molecule has 0 saturated heterocycles. The van der Waals surface area contributed by atoms with Crippen LogP contribution in [0.4, 0.5) is 5.82 Å². The van der Waals surface area contributed by atoms with Crippen molar-refractivity contribution in [3.8, 4) is 11.4 Å². The first kappa shape index (κ1) is 14.9. The topological polar surface area (TPSA) is 50.7 Å². The highest BCUT2D eigenvalue weighted by molar-refractivity contribution is 9.10. The summed E-state index contributed by atoms with van der Waals surface area (Å²) in [6, 6.07) is 4.01. The van der Waals surface area contributed by atoms with Gasteiger partial charge in [-0.2, -0.15) is 0 Å². The lowest BCUT2D eigenvalue weighted by Gasteiger charge is -2.11. The predicted molar refractivity (Wildman–Crippen MR) is 85.8 cm³/mol. The van der Waals surface area contributed by atoms with E-state index in [1.807, 2.05) is 12.1 Å². The zero-order valence-corrected chi connectivity index (χ0v) is 13.6. The van der Waals surface area contributed by atoms with Gasteiger partial charge in [-0.25, -0.2) is 9.97 Å². The number of hydrogen-bond acceptors (Lipinski definition) is 4. The highest BCUT2D eigenvalue weighted by Crippen LogP contribution is 2.23. The minimum atomic E-state index is 0.360. The molecule has 0 atom stereocenters. The van der Waals surface area contributed by atoms with E-state index in [1.54, 1.807) is 12.4 Å². The van der Waals surface area contributed by atoms with Crippen LogP contribution in [0.25, 0.3) is 11.4 Å². The van der Waals surface area contributed by atoms with Gasteiger partial charge in [-0.15, -0.1) is 0 Å². The van der Waals surface area contributed by atoms with Gasteiger partial charge in [0.2, 0.25) is 0 Å². The van der Waals surface area contributed by atoms with Crippen molar-refractivity contribution in [3.05, 3.63) is 34.7 Å². The normalized spacial score (nSPS) is 10.8. The summed E-state index contributed by atoms with van der Waals surface area (Å²) in [5.41, 5.74) is 1.95. The van der Waals surface area contributed by atoms with E-state index in [1.165, 1.54) is 0 Å². The Hall–Kier alpha value is -1.49. The summed E-state index contributed by atoms with van der Waals surface area (Å²) in [5.74, 6) is 1.95. The molecule has 0 saturated carbocycles. The monoisotopic (exact) mass is 334 g/mol. The van der Waals surface area contributed by atoms with Crippen molar-refractivity contribution >= 4 is 21.7 Å². The molecule has 0 bridgehead atoms. The second-order valence-electron chi connectivity index (χ2n) is 4.97. The van der Waals surface area contributed by atoms with Gasteiger partial charge in [-0.05, 0) is 34.3 Å². The first-order chi connectivity index (χ1) is 9.60. The second kappa shape index (κ2) is 6.79. The molecule has 0 spiro atoms. The van der Waals surface area contributed by atoms with Crippen molar-refractivity contribution in [1.29, 1.82) is 0 Å². The number of pyridine rings is 1. The molecule has 2 aromatic rings. The van der Waals surface area contributed by atoms with Crippen LogP contribution in [0, 0.1) is 0 Å². The van der Waals surface area contributed by atoms with Crippen LogP contribution in [0.3, 0.4) is 0 Å². The van der Waals surface area contributed by atoms with Crippen LogP contribution in [0.2, 0.25) is 0 Å². The molecule has 0 aliphatic heterocycles. The standard InChI is InChI=1S/C15H19BrN4/c1-4-5-18-14-7-13(10(2)3)19-15(20-14)11-6-12(16)9-17-8-11/h6-10H,4-5H2,1-3H3,(H,18,19,20). The van der Waals surface area contributed by atoms with Gasteiger partial charge in [0.05, 0.1) is 0 Å². The van der Waals surface area contributed by atoms with Crippen LogP contribution in [0.5, 0.6) is 0 Å². The van der Waals surface area contributed by atoms with Crippen molar-refractivity contribution in [2.75, 3.05) is 11.9 Å². The quantitative estimate of drug-likeness (QED) is 0.888. The van der Waals surface area contributed by atoms with Gasteiger partial charge in [0.25, 0.3) is 0 Å². The Morgan fingerprint density at radius 2 is 2.00 bits per heavy atom. The number of nitrogens with one attached hydrogen (secondary N) is 1. The van der Waals surface area contributed by atoms with Gasteiger partial charge in [-0.1, -0.05) is 20.8 Å². The summed E-state index contributed by atoms with van der Waals surface area (Å²) < 4.78 is 0.927. The SMILES string of the molecule is CCCNc1cc(C(C)C)nc(-c2cncc(Br)c2)n1. The fraction of sp³-hybridized carbons (Fsp3) is 0.400. The van der Waals surface area contributed by atoms with E-state index in [9.17, 15) is 0 Å². The van der Waals surface area contributed by atoms with E-state index in [0.29, 0.717) is 11.7 Å². The maximum absolute atomic E-state index is 4.64. The minimum absolute atomic E-state index is 0.360. The van der Waals surface area contributed by atoms with E-state index in [4.69, 9.17) is 0 Å². The van der Waals surface area contributed by atoms with Crippen molar-refractivity contribution in [2.45, 2.75) is 33.1 Å². The molecule has 5 heteroatoms. The molecule has 1 N–H and O–H groups in total. The first-order valence-corrected chi connectivity index (χ1v) is 7.63. The van der Waals surface area contributed by atoms with E-state index in [2.05, 4.69) is 57.0 Å². The largest absolute Gasteiger partial charge is 0.370 e. The van der Waals surface area contributed by atoms with Crippen molar-refractivity contribution in [2.24, 2.45) is 0 Å². The Morgan fingerprint density at radius 1 is 1.20 bits per heavy atom. The average molecular weight is 335 g/mol. The van der Waals surface area contributed by atoms with Crippen LogP contribution >= 0.6 is 15.9 Å². The Labute approximate surface area is 128 Å². The third-order valence-electron chi connectivity index (χ3n) is 2.86. The molecule has 0 amide bonds.